The first kappa shape index (κ1) is 16.8. The summed E-state index contributed by atoms with van der Waals surface area (Å²) < 4.78 is 22.1. The van der Waals surface area contributed by atoms with Crippen LogP contribution in [0.25, 0.3) is 0 Å². The molecule has 0 N–H and O–H groups in total. The highest BCUT2D eigenvalue weighted by molar-refractivity contribution is 5.32. The van der Waals surface area contributed by atoms with Gasteiger partial charge in [-0.15, -0.1) is 0 Å². The van der Waals surface area contributed by atoms with Gasteiger partial charge in [0, 0.05) is 6.07 Å². The predicted molar refractivity (Wildman–Crippen MR) is 79.6 cm³/mol. The molecule has 1 aromatic carbocycles. The second kappa shape index (κ2) is 9.61. The van der Waals surface area contributed by atoms with Crippen LogP contribution in [-0.4, -0.2) is 38.6 Å². The molecule has 20 heavy (non-hydrogen) atoms. The van der Waals surface area contributed by atoms with E-state index in [-0.39, 0.29) is 12.2 Å². The third-order valence-electron chi connectivity index (χ3n) is 2.41. The van der Waals surface area contributed by atoms with Crippen LogP contribution < -0.4 is 9.47 Å². The number of ether oxygens (including phenoxy) is 4. The molecular formula is C16H26O4. The minimum atomic E-state index is 0.231. The fraction of sp³-hybridized carbons (Fsp3) is 0.625. The number of benzene rings is 1. The summed E-state index contributed by atoms with van der Waals surface area (Å²) in [6, 6.07) is 7.61. The molecule has 0 bridgehead atoms. The molecule has 0 aliphatic rings. The maximum absolute atomic E-state index is 5.61. The van der Waals surface area contributed by atoms with Gasteiger partial charge in [-0.2, -0.15) is 0 Å². The van der Waals surface area contributed by atoms with Crippen LogP contribution >= 0.6 is 0 Å². The molecule has 0 aromatic heterocycles. The summed E-state index contributed by atoms with van der Waals surface area (Å²) in [6.07, 6.45) is 0.462. The molecule has 0 saturated heterocycles. The van der Waals surface area contributed by atoms with E-state index in [0.717, 1.165) is 11.5 Å². The molecule has 0 radical (unpaired) electrons. The highest BCUT2D eigenvalue weighted by Crippen LogP contribution is 2.19. The molecule has 4 nitrogen and oxygen atoms in total. The molecule has 0 spiro atoms. The molecule has 0 saturated carbocycles. The maximum Gasteiger partial charge on any atom is 0.123 e. The van der Waals surface area contributed by atoms with Gasteiger partial charge >= 0.3 is 0 Å². The van der Waals surface area contributed by atoms with E-state index in [9.17, 15) is 0 Å². The molecule has 0 aliphatic heterocycles. The van der Waals surface area contributed by atoms with Crippen LogP contribution in [-0.2, 0) is 9.47 Å². The normalized spacial score (nSPS) is 11.1. The van der Waals surface area contributed by atoms with Crippen molar-refractivity contribution in [2.75, 3.05) is 26.4 Å². The van der Waals surface area contributed by atoms with Crippen LogP contribution in [0.15, 0.2) is 24.3 Å². The summed E-state index contributed by atoms with van der Waals surface area (Å²) in [7, 11) is 0. The van der Waals surface area contributed by atoms with E-state index in [2.05, 4.69) is 0 Å². The lowest BCUT2D eigenvalue weighted by atomic mass is 10.3. The van der Waals surface area contributed by atoms with Gasteiger partial charge in [-0.3, -0.25) is 0 Å². The molecule has 114 valence electrons. The number of rotatable bonds is 10. The van der Waals surface area contributed by atoms with Crippen molar-refractivity contribution >= 4 is 0 Å². The Hall–Kier alpha value is -1.26. The molecule has 0 heterocycles. The maximum atomic E-state index is 5.61. The van der Waals surface area contributed by atoms with Crippen molar-refractivity contribution in [3.8, 4) is 11.5 Å². The number of hydrogen-bond donors (Lipinski definition) is 0. The monoisotopic (exact) mass is 282 g/mol. The van der Waals surface area contributed by atoms with E-state index in [4.69, 9.17) is 18.9 Å². The Morgan fingerprint density at radius 2 is 1.20 bits per heavy atom. The van der Waals surface area contributed by atoms with Gasteiger partial charge < -0.3 is 18.9 Å². The molecular weight excluding hydrogens is 256 g/mol. The minimum Gasteiger partial charge on any atom is -0.491 e. The molecule has 0 fully saturated rings. The highest BCUT2D eigenvalue weighted by atomic mass is 16.5. The van der Waals surface area contributed by atoms with Crippen molar-refractivity contribution in [2.24, 2.45) is 0 Å². The molecule has 0 atom stereocenters. The van der Waals surface area contributed by atoms with Crippen molar-refractivity contribution in [3.63, 3.8) is 0 Å². The smallest absolute Gasteiger partial charge is 0.123 e. The minimum absolute atomic E-state index is 0.231. The fourth-order valence-electron chi connectivity index (χ4n) is 1.54. The van der Waals surface area contributed by atoms with Gasteiger partial charge in [-0.05, 0) is 39.8 Å². The molecule has 1 rings (SSSR count). The van der Waals surface area contributed by atoms with Crippen LogP contribution in [0.2, 0.25) is 0 Å². The van der Waals surface area contributed by atoms with Gasteiger partial charge in [-0.25, -0.2) is 0 Å². The summed E-state index contributed by atoms with van der Waals surface area (Å²) in [5.41, 5.74) is 0. The Bertz CT molecular complexity index is 332. The average Bonchev–Trinajstić information content (AvgIpc) is 2.40. The standard InChI is InChI=1S/C16H26O4/c1-13(2)17-8-10-19-15-6-5-7-16(12-15)20-11-9-18-14(3)4/h5-7,12-14H,8-11H2,1-4H3. The van der Waals surface area contributed by atoms with Crippen LogP contribution in [0.5, 0.6) is 11.5 Å². The largest absolute Gasteiger partial charge is 0.491 e. The zero-order valence-electron chi connectivity index (χ0n) is 12.9. The Morgan fingerprint density at radius 1 is 0.750 bits per heavy atom. The first-order chi connectivity index (χ1) is 9.58. The van der Waals surface area contributed by atoms with Crippen molar-refractivity contribution < 1.29 is 18.9 Å². The van der Waals surface area contributed by atoms with Gasteiger partial charge in [-0.1, -0.05) is 6.07 Å². The van der Waals surface area contributed by atoms with E-state index >= 15 is 0 Å². The third kappa shape index (κ3) is 8.02. The van der Waals surface area contributed by atoms with E-state index in [0.29, 0.717) is 26.4 Å². The summed E-state index contributed by atoms with van der Waals surface area (Å²) in [5, 5.41) is 0. The van der Waals surface area contributed by atoms with Gasteiger partial charge in [0.15, 0.2) is 0 Å². The van der Waals surface area contributed by atoms with E-state index in [1.165, 1.54) is 0 Å². The lowest BCUT2D eigenvalue weighted by Gasteiger charge is -2.11. The zero-order valence-corrected chi connectivity index (χ0v) is 12.9. The quantitative estimate of drug-likeness (QED) is 0.617. The van der Waals surface area contributed by atoms with Crippen molar-refractivity contribution in [3.05, 3.63) is 24.3 Å². The summed E-state index contributed by atoms with van der Waals surface area (Å²) in [4.78, 5) is 0. The topological polar surface area (TPSA) is 36.9 Å². The van der Waals surface area contributed by atoms with Crippen LogP contribution in [0.3, 0.4) is 0 Å². The summed E-state index contributed by atoms with van der Waals surface area (Å²) in [6.45, 7) is 10.3. The van der Waals surface area contributed by atoms with Crippen molar-refractivity contribution in [2.45, 2.75) is 39.9 Å². The average molecular weight is 282 g/mol. The Kier molecular flexibility index (Phi) is 8.07. The SMILES string of the molecule is CC(C)OCCOc1cccc(OCCOC(C)C)c1. The Balaban J connectivity index is 2.26. The van der Waals surface area contributed by atoms with Crippen LogP contribution in [0, 0.1) is 0 Å². The highest BCUT2D eigenvalue weighted by Gasteiger charge is 2.00. The van der Waals surface area contributed by atoms with Crippen LogP contribution in [0.4, 0.5) is 0 Å². The lowest BCUT2D eigenvalue weighted by molar-refractivity contribution is 0.0537. The molecule has 1 aromatic rings. The Labute approximate surface area is 122 Å². The Morgan fingerprint density at radius 3 is 1.60 bits per heavy atom. The van der Waals surface area contributed by atoms with Crippen LogP contribution in [0.1, 0.15) is 27.7 Å². The van der Waals surface area contributed by atoms with E-state index in [1.54, 1.807) is 0 Å². The molecule has 4 heteroatoms. The zero-order chi connectivity index (χ0) is 14.8. The van der Waals surface area contributed by atoms with Crippen molar-refractivity contribution in [1.29, 1.82) is 0 Å². The predicted octanol–water partition coefficient (Wildman–Crippen LogP) is 3.29. The summed E-state index contributed by atoms with van der Waals surface area (Å²) >= 11 is 0. The first-order valence-electron chi connectivity index (χ1n) is 7.17. The first-order valence-corrected chi connectivity index (χ1v) is 7.17. The number of hydrogen-bond acceptors (Lipinski definition) is 4. The van der Waals surface area contributed by atoms with Gasteiger partial charge in [0.1, 0.15) is 24.7 Å². The molecule has 0 aliphatic carbocycles. The lowest BCUT2D eigenvalue weighted by Crippen LogP contribution is -2.12. The van der Waals surface area contributed by atoms with Gasteiger partial charge in [0.05, 0.1) is 25.4 Å². The second-order valence-corrected chi connectivity index (χ2v) is 5.01. The summed E-state index contributed by atoms with van der Waals surface area (Å²) in [5.74, 6) is 1.58. The fourth-order valence-corrected chi connectivity index (χ4v) is 1.54. The third-order valence-corrected chi connectivity index (χ3v) is 2.41. The van der Waals surface area contributed by atoms with Crippen molar-refractivity contribution in [1.82, 2.24) is 0 Å². The van der Waals surface area contributed by atoms with Gasteiger partial charge in [0.2, 0.25) is 0 Å². The van der Waals surface area contributed by atoms with E-state index < -0.39 is 0 Å². The molecule has 0 unspecified atom stereocenters. The van der Waals surface area contributed by atoms with E-state index in [1.807, 2.05) is 52.0 Å². The van der Waals surface area contributed by atoms with Gasteiger partial charge in [0.25, 0.3) is 0 Å². The second-order valence-electron chi connectivity index (χ2n) is 5.01. The molecule has 0 amide bonds.